The van der Waals surface area contributed by atoms with Crippen LogP contribution in [0.5, 0.6) is 0 Å². The van der Waals surface area contributed by atoms with Crippen molar-refractivity contribution in [2.75, 3.05) is 5.75 Å². The van der Waals surface area contributed by atoms with Gasteiger partial charge >= 0.3 is 0 Å². The zero-order valence-electron chi connectivity index (χ0n) is 13.8. The van der Waals surface area contributed by atoms with Crippen LogP contribution < -0.4 is 10.9 Å². The van der Waals surface area contributed by atoms with Crippen LogP contribution in [0.25, 0.3) is 11.1 Å². The quantitative estimate of drug-likeness (QED) is 0.555. The van der Waals surface area contributed by atoms with Crippen molar-refractivity contribution in [2.45, 2.75) is 19.1 Å². The van der Waals surface area contributed by atoms with Gasteiger partial charge in [0.2, 0.25) is 5.91 Å². The SMILES string of the molecule is Cc1ccc(C(=O)NNC(=O)CSc2nc3ccccc3o2)c(C)c1. The molecule has 2 N–H and O–H groups in total. The van der Waals surface area contributed by atoms with E-state index in [2.05, 4.69) is 15.8 Å². The molecule has 25 heavy (non-hydrogen) atoms. The molecule has 1 aromatic heterocycles. The molecule has 0 aliphatic rings. The van der Waals surface area contributed by atoms with Crippen molar-refractivity contribution in [3.8, 4) is 0 Å². The first-order chi connectivity index (χ1) is 12.0. The molecule has 0 fully saturated rings. The molecule has 0 spiro atoms. The van der Waals surface area contributed by atoms with E-state index in [1.165, 1.54) is 11.8 Å². The van der Waals surface area contributed by atoms with Crippen molar-refractivity contribution in [1.29, 1.82) is 0 Å². The number of fused-ring (bicyclic) bond motifs is 1. The second kappa shape index (κ2) is 7.40. The highest BCUT2D eigenvalue weighted by molar-refractivity contribution is 7.99. The summed E-state index contributed by atoms with van der Waals surface area (Å²) in [5, 5.41) is 0.414. The van der Waals surface area contributed by atoms with Crippen LogP contribution in [0.3, 0.4) is 0 Å². The minimum atomic E-state index is -0.349. The maximum Gasteiger partial charge on any atom is 0.269 e. The number of amides is 2. The molecule has 6 nitrogen and oxygen atoms in total. The molecule has 3 rings (SSSR count). The van der Waals surface area contributed by atoms with Gasteiger partial charge in [0.05, 0.1) is 5.75 Å². The Hall–Kier alpha value is -2.80. The fourth-order valence-electron chi connectivity index (χ4n) is 2.34. The number of para-hydroxylation sites is 2. The first-order valence-electron chi connectivity index (χ1n) is 7.68. The number of hydrogen-bond acceptors (Lipinski definition) is 5. The Bertz CT molecular complexity index is 903. The highest BCUT2D eigenvalue weighted by Crippen LogP contribution is 2.22. The normalized spacial score (nSPS) is 10.6. The van der Waals surface area contributed by atoms with Crippen LogP contribution in [-0.2, 0) is 4.79 Å². The summed E-state index contributed by atoms with van der Waals surface area (Å²) in [6.07, 6.45) is 0. The Morgan fingerprint density at radius 3 is 2.68 bits per heavy atom. The molecule has 0 unspecified atom stereocenters. The number of nitrogens with zero attached hydrogens (tertiary/aromatic N) is 1. The Morgan fingerprint density at radius 2 is 1.92 bits per heavy atom. The third-order valence-corrected chi connectivity index (χ3v) is 4.37. The zero-order chi connectivity index (χ0) is 17.8. The number of aromatic nitrogens is 1. The molecule has 0 atom stereocenters. The van der Waals surface area contributed by atoms with Crippen LogP contribution in [0, 0.1) is 13.8 Å². The van der Waals surface area contributed by atoms with Gasteiger partial charge in [-0.3, -0.25) is 20.4 Å². The van der Waals surface area contributed by atoms with E-state index >= 15 is 0 Å². The first kappa shape index (κ1) is 17.0. The molecule has 0 bridgehead atoms. The van der Waals surface area contributed by atoms with E-state index in [4.69, 9.17) is 4.42 Å². The van der Waals surface area contributed by atoms with Crippen molar-refractivity contribution in [3.63, 3.8) is 0 Å². The van der Waals surface area contributed by atoms with Gasteiger partial charge in [0.1, 0.15) is 5.52 Å². The van der Waals surface area contributed by atoms with Gasteiger partial charge in [-0.15, -0.1) is 0 Å². The predicted octanol–water partition coefficient (Wildman–Crippen LogP) is 3.00. The third kappa shape index (κ3) is 4.19. The number of hydrazine groups is 1. The highest BCUT2D eigenvalue weighted by Gasteiger charge is 2.12. The smallest absolute Gasteiger partial charge is 0.269 e. The number of hydrogen-bond donors (Lipinski definition) is 2. The van der Waals surface area contributed by atoms with E-state index in [0.29, 0.717) is 16.4 Å². The molecule has 3 aromatic rings. The van der Waals surface area contributed by atoms with E-state index < -0.39 is 0 Å². The van der Waals surface area contributed by atoms with Crippen LogP contribution in [0.4, 0.5) is 0 Å². The molecule has 2 amide bonds. The molecular formula is C18H17N3O3S. The van der Waals surface area contributed by atoms with E-state index in [1.54, 1.807) is 6.07 Å². The van der Waals surface area contributed by atoms with Gasteiger partial charge in [0.15, 0.2) is 5.58 Å². The van der Waals surface area contributed by atoms with Gasteiger partial charge in [-0.05, 0) is 37.6 Å². The van der Waals surface area contributed by atoms with E-state index in [0.717, 1.165) is 16.6 Å². The van der Waals surface area contributed by atoms with Crippen molar-refractivity contribution >= 4 is 34.7 Å². The minimum Gasteiger partial charge on any atom is -0.431 e. The molecule has 0 radical (unpaired) electrons. The summed E-state index contributed by atoms with van der Waals surface area (Å²) < 4.78 is 5.52. The number of thioether (sulfide) groups is 1. The number of carbonyl (C=O) groups excluding carboxylic acids is 2. The largest absolute Gasteiger partial charge is 0.431 e. The van der Waals surface area contributed by atoms with Crippen LogP contribution in [0.1, 0.15) is 21.5 Å². The van der Waals surface area contributed by atoms with Gasteiger partial charge in [-0.1, -0.05) is 41.6 Å². The summed E-state index contributed by atoms with van der Waals surface area (Å²) in [6, 6.07) is 12.9. The van der Waals surface area contributed by atoms with E-state index in [9.17, 15) is 9.59 Å². The fraction of sp³-hybridized carbons (Fsp3) is 0.167. The Kier molecular flexibility index (Phi) is 5.04. The second-order valence-electron chi connectivity index (χ2n) is 5.56. The number of oxazole rings is 1. The van der Waals surface area contributed by atoms with Gasteiger partial charge in [0, 0.05) is 5.56 Å². The number of nitrogens with one attached hydrogen (secondary N) is 2. The van der Waals surface area contributed by atoms with Gasteiger partial charge < -0.3 is 4.42 Å². The van der Waals surface area contributed by atoms with Gasteiger partial charge in [0.25, 0.3) is 11.1 Å². The monoisotopic (exact) mass is 355 g/mol. The minimum absolute atomic E-state index is 0.0833. The molecule has 0 saturated heterocycles. The second-order valence-corrected chi connectivity index (χ2v) is 6.48. The summed E-state index contributed by atoms with van der Waals surface area (Å²) >= 11 is 1.17. The highest BCUT2D eigenvalue weighted by atomic mass is 32.2. The molecule has 0 saturated carbocycles. The summed E-state index contributed by atoms with van der Waals surface area (Å²) in [6.45, 7) is 3.81. The molecule has 1 heterocycles. The maximum absolute atomic E-state index is 12.1. The molecule has 2 aromatic carbocycles. The number of carbonyl (C=O) groups is 2. The van der Waals surface area contributed by atoms with Crippen molar-refractivity contribution in [3.05, 3.63) is 59.2 Å². The lowest BCUT2D eigenvalue weighted by molar-refractivity contribution is -0.119. The van der Waals surface area contributed by atoms with Gasteiger partial charge in [-0.2, -0.15) is 0 Å². The lowest BCUT2D eigenvalue weighted by Crippen LogP contribution is -2.42. The van der Waals surface area contributed by atoms with Crippen LogP contribution >= 0.6 is 11.8 Å². The molecule has 0 aliphatic heterocycles. The predicted molar refractivity (Wildman–Crippen MR) is 96.3 cm³/mol. The summed E-state index contributed by atoms with van der Waals surface area (Å²) in [4.78, 5) is 28.3. The van der Waals surface area contributed by atoms with Crippen LogP contribution in [0.15, 0.2) is 52.1 Å². The molecule has 128 valence electrons. The first-order valence-corrected chi connectivity index (χ1v) is 8.66. The van der Waals surface area contributed by atoms with Crippen LogP contribution in [-0.4, -0.2) is 22.6 Å². The Morgan fingerprint density at radius 1 is 1.12 bits per heavy atom. The zero-order valence-corrected chi connectivity index (χ0v) is 14.6. The van der Waals surface area contributed by atoms with E-state index in [-0.39, 0.29) is 17.6 Å². The maximum atomic E-state index is 12.1. The average Bonchev–Trinajstić information content (AvgIpc) is 3.01. The summed E-state index contributed by atoms with van der Waals surface area (Å²) in [7, 11) is 0. The van der Waals surface area contributed by atoms with Crippen LogP contribution in [0.2, 0.25) is 0 Å². The Labute approximate surface area is 149 Å². The van der Waals surface area contributed by atoms with E-state index in [1.807, 2.05) is 50.2 Å². The molecular weight excluding hydrogens is 338 g/mol. The van der Waals surface area contributed by atoms with Crippen molar-refractivity contribution in [2.24, 2.45) is 0 Å². The molecule has 7 heteroatoms. The number of aryl methyl sites for hydroxylation is 2. The third-order valence-electron chi connectivity index (χ3n) is 3.54. The van der Waals surface area contributed by atoms with Crippen molar-refractivity contribution in [1.82, 2.24) is 15.8 Å². The number of benzene rings is 2. The van der Waals surface area contributed by atoms with Gasteiger partial charge in [-0.25, -0.2) is 4.98 Å². The number of rotatable bonds is 4. The lowest BCUT2D eigenvalue weighted by Gasteiger charge is -2.09. The summed E-state index contributed by atoms with van der Waals surface area (Å²) in [5.41, 5.74) is 8.69. The Balaban J connectivity index is 1.51. The lowest BCUT2D eigenvalue weighted by atomic mass is 10.1. The molecule has 0 aliphatic carbocycles. The topological polar surface area (TPSA) is 84.2 Å². The van der Waals surface area contributed by atoms with Crippen molar-refractivity contribution < 1.29 is 14.0 Å². The standard InChI is InChI=1S/C18H17N3O3S/c1-11-7-8-13(12(2)9-11)17(23)21-20-16(22)10-25-18-19-14-5-3-4-6-15(14)24-18/h3-9H,10H2,1-2H3,(H,20,22)(H,21,23). The summed E-state index contributed by atoms with van der Waals surface area (Å²) in [5.74, 6) is -0.608. The fourth-order valence-corrected chi connectivity index (χ4v) is 2.98. The average molecular weight is 355 g/mol.